The summed E-state index contributed by atoms with van der Waals surface area (Å²) in [4.78, 5) is 33.9. The van der Waals surface area contributed by atoms with E-state index in [9.17, 15) is 9.59 Å². The van der Waals surface area contributed by atoms with Crippen molar-refractivity contribution in [3.8, 4) is 0 Å². The molecular formula is C19H36N4O2. The van der Waals surface area contributed by atoms with Gasteiger partial charge in [0.15, 0.2) is 0 Å². The molecule has 0 fully saturated rings. The van der Waals surface area contributed by atoms with E-state index >= 15 is 0 Å². The lowest BCUT2D eigenvalue weighted by atomic mass is 10.1. The molecule has 1 aromatic rings. The summed E-state index contributed by atoms with van der Waals surface area (Å²) >= 11 is 0. The summed E-state index contributed by atoms with van der Waals surface area (Å²) in [5, 5.41) is 0. The zero-order valence-corrected chi connectivity index (χ0v) is 16.1. The highest BCUT2D eigenvalue weighted by molar-refractivity contribution is 5.26. The topological polar surface area (TPSA) is 81.8 Å². The van der Waals surface area contributed by atoms with E-state index in [-0.39, 0.29) is 0 Å². The minimum atomic E-state index is -0.574. The molecule has 0 unspecified atom stereocenters. The molecule has 1 rings (SSSR count). The zero-order valence-electron chi connectivity index (χ0n) is 16.1. The maximum atomic E-state index is 11.5. The molecular weight excluding hydrogens is 316 g/mol. The van der Waals surface area contributed by atoms with Gasteiger partial charge in [0.05, 0.1) is 0 Å². The standard InChI is InChI=1S/C19H36N4O2/c1-3-5-7-9-11-13-15-23(16-14-12-10-8-6-4-2)17-20-18(24)22-19(25)21-17/h3-16H2,1-2H3,(H2,20,21,22,24,25). The van der Waals surface area contributed by atoms with Crippen LogP contribution in [0.2, 0.25) is 0 Å². The largest absolute Gasteiger partial charge is 0.352 e. The lowest BCUT2D eigenvalue weighted by Crippen LogP contribution is -2.34. The molecule has 2 N–H and O–H groups in total. The lowest BCUT2D eigenvalue weighted by Gasteiger charge is -2.22. The third-order valence-corrected chi connectivity index (χ3v) is 4.52. The van der Waals surface area contributed by atoms with Gasteiger partial charge in [-0.1, -0.05) is 78.1 Å². The SMILES string of the molecule is CCCCCCCCN(CCCCCCCC)c1nc(=O)[nH]c(=O)[nH]1. The Hall–Kier alpha value is -1.59. The Kier molecular flexibility index (Phi) is 11.7. The van der Waals surface area contributed by atoms with E-state index in [0.717, 1.165) is 25.9 Å². The molecule has 1 heterocycles. The molecule has 0 aliphatic heterocycles. The fourth-order valence-corrected chi connectivity index (χ4v) is 3.02. The van der Waals surface area contributed by atoms with Gasteiger partial charge < -0.3 is 4.90 Å². The van der Waals surface area contributed by atoms with Crippen LogP contribution < -0.4 is 16.3 Å². The minimum Gasteiger partial charge on any atom is -0.342 e. The molecule has 0 amide bonds. The Labute approximate surface area is 151 Å². The van der Waals surface area contributed by atoms with Crippen molar-refractivity contribution < 1.29 is 0 Å². The van der Waals surface area contributed by atoms with E-state index in [1.165, 1.54) is 64.2 Å². The summed E-state index contributed by atoms with van der Waals surface area (Å²) in [5.74, 6) is 0.413. The molecule has 6 nitrogen and oxygen atoms in total. The van der Waals surface area contributed by atoms with E-state index in [4.69, 9.17) is 0 Å². The smallest absolute Gasteiger partial charge is 0.342 e. The van der Waals surface area contributed by atoms with Gasteiger partial charge in [-0.15, -0.1) is 0 Å². The van der Waals surface area contributed by atoms with Crippen molar-refractivity contribution in [1.82, 2.24) is 15.0 Å². The number of nitrogens with zero attached hydrogens (tertiary/aromatic N) is 2. The Morgan fingerprint density at radius 3 is 1.68 bits per heavy atom. The molecule has 144 valence electrons. The molecule has 0 bridgehead atoms. The number of hydrogen-bond donors (Lipinski definition) is 2. The van der Waals surface area contributed by atoms with Crippen molar-refractivity contribution in [2.24, 2.45) is 0 Å². The van der Waals surface area contributed by atoms with E-state index < -0.39 is 11.4 Å². The van der Waals surface area contributed by atoms with Crippen molar-refractivity contribution in [2.45, 2.75) is 90.9 Å². The molecule has 0 aliphatic rings. The predicted octanol–water partition coefficient (Wildman–Crippen LogP) is 3.99. The Morgan fingerprint density at radius 2 is 1.20 bits per heavy atom. The molecule has 0 spiro atoms. The number of aromatic nitrogens is 3. The highest BCUT2D eigenvalue weighted by Crippen LogP contribution is 2.11. The zero-order chi connectivity index (χ0) is 18.3. The quantitative estimate of drug-likeness (QED) is 0.468. The summed E-state index contributed by atoms with van der Waals surface area (Å²) in [7, 11) is 0. The third-order valence-electron chi connectivity index (χ3n) is 4.52. The van der Waals surface area contributed by atoms with E-state index in [1.807, 2.05) is 0 Å². The number of unbranched alkanes of at least 4 members (excludes halogenated alkanes) is 10. The second-order valence-corrected chi connectivity index (χ2v) is 6.84. The molecule has 0 radical (unpaired) electrons. The molecule has 6 heteroatoms. The highest BCUT2D eigenvalue weighted by Gasteiger charge is 2.10. The van der Waals surface area contributed by atoms with Gasteiger partial charge in [-0.25, -0.2) is 9.59 Å². The Balaban J connectivity index is 2.48. The van der Waals surface area contributed by atoms with Crippen LogP contribution in [-0.4, -0.2) is 28.0 Å². The van der Waals surface area contributed by atoms with Gasteiger partial charge in [-0.3, -0.25) is 9.97 Å². The Bertz CT molecular complexity index is 509. The summed E-state index contributed by atoms with van der Waals surface area (Å²) in [6, 6.07) is 0. The average Bonchev–Trinajstić information content (AvgIpc) is 2.58. The normalized spacial score (nSPS) is 11.0. The van der Waals surface area contributed by atoms with Gasteiger partial charge in [-0.05, 0) is 12.8 Å². The molecule has 25 heavy (non-hydrogen) atoms. The van der Waals surface area contributed by atoms with Crippen LogP contribution in [0, 0.1) is 0 Å². The van der Waals surface area contributed by atoms with E-state index in [2.05, 4.69) is 33.7 Å². The van der Waals surface area contributed by atoms with Crippen molar-refractivity contribution >= 4 is 5.95 Å². The first-order valence-electron chi connectivity index (χ1n) is 10.1. The van der Waals surface area contributed by atoms with Crippen LogP contribution in [-0.2, 0) is 0 Å². The highest BCUT2D eigenvalue weighted by atomic mass is 16.2. The van der Waals surface area contributed by atoms with Crippen LogP contribution >= 0.6 is 0 Å². The summed E-state index contributed by atoms with van der Waals surface area (Å²) < 4.78 is 0. The first-order valence-corrected chi connectivity index (χ1v) is 10.1. The number of hydrogen-bond acceptors (Lipinski definition) is 4. The Morgan fingerprint density at radius 1 is 0.720 bits per heavy atom. The lowest BCUT2D eigenvalue weighted by molar-refractivity contribution is 0.569. The van der Waals surface area contributed by atoms with Crippen molar-refractivity contribution in [1.29, 1.82) is 0 Å². The van der Waals surface area contributed by atoms with Crippen LogP contribution in [0.1, 0.15) is 90.9 Å². The monoisotopic (exact) mass is 352 g/mol. The maximum Gasteiger partial charge on any atom is 0.352 e. The number of nitrogens with one attached hydrogen (secondary N) is 2. The first kappa shape index (κ1) is 21.5. The van der Waals surface area contributed by atoms with Gasteiger partial charge in [0.25, 0.3) is 0 Å². The van der Waals surface area contributed by atoms with Crippen LogP contribution in [0.15, 0.2) is 9.59 Å². The first-order chi connectivity index (χ1) is 12.2. The van der Waals surface area contributed by atoms with Crippen LogP contribution in [0.25, 0.3) is 0 Å². The fourth-order valence-electron chi connectivity index (χ4n) is 3.02. The van der Waals surface area contributed by atoms with Gasteiger partial charge in [0, 0.05) is 13.1 Å². The second kappa shape index (κ2) is 13.7. The molecule has 0 aromatic carbocycles. The molecule has 1 aromatic heterocycles. The number of anilines is 1. The number of H-pyrrole nitrogens is 2. The molecule has 0 atom stereocenters. The molecule has 0 aliphatic carbocycles. The van der Waals surface area contributed by atoms with Crippen LogP contribution in [0.4, 0.5) is 5.95 Å². The number of aromatic amines is 2. The van der Waals surface area contributed by atoms with Gasteiger partial charge in [0.2, 0.25) is 5.95 Å². The molecule has 0 saturated heterocycles. The maximum absolute atomic E-state index is 11.5. The van der Waals surface area contributed by atoms with Crippen molar-refractivity contribution in [3.05, 3.63) is 21.0 Å². The minimum absolute atomic E-state index is 0.413. The predicted molar refractivity (Wildman–Crippen MR) is 104 cm³/mol. The van der Waals surface area contributed by atoms with Gasteiger partial charge >= 0.3 is 11.4 Å². The van der Waals surface area contributed by atoms with Crippen LogP contribution in [0.5, 0.6) is 0 Å². The third kappa shape index (κ3) is 10.1. The molecule has 0 saturated carbocycles. The summed E-state index contributed by atoms with van der Waals surface area (Å²) in [6.45, 7) is 6.12. The number of rotatable bonds is 15. The van der Waals surface area contributed by atoms with Gasteiger partial charge in [0.1, 0.15) is 0 Å². The average molecular weight is 353 g/mol. The fraction of sp³-hybridized carbons (Fsp3) is 0.842. The van der Waals surface area contributed by atoms with Crippen molar-refractivity contribution in [3.63, 3.8) is 0 Å². The summed E-state index contributed by atoms with van der Waals surface area (Å²) in [6.07, 6.45) is 14.7. The van der Waals surface area contributed by atoms with Crippen molar-refractivity contribution in [2.75, 3.05) is 18.0 Å². The van der Waals surface area contributed by atoms with Gasteiger partial charge in [-0.2, -0.15) is 4.98 Å². The summed E-state index contributed by atoms with van der Waals surface area (Å²) in [5.41, 5.74) is -1.06. The van der Waals surface area contributed by atoms with Crippen LogP contribution in [0.3, 0.4) is 0 Å². The van der Waals surface area contributed by atoms with E-state index in [0.29, 0.717) is 5.95 Å². The van der Waals surface area contributed by atoms with E-state index in [1.54, 1.807) is 0 Å². The second-order valence-electron chi connectivity index (χ2n) is 6.84.